The molecule has 56 valence electrons. The van der Waals surface area contributed by atoms with Crippen molar-refractivity contribution in [2.45, 2.75) is 26.2 Å². The number of hydrogen-bond acceptors (Lipinski definition) is 2. The first-order valence-electron chi connectivity index (χ1n) is 3.60. The third-order valence-electron chi connectivity index (χ3n) is 1.05. The molecule has 0 aliphatic heterocycles. The first-order chi connectivity index (χ1) is 4.41. The highest BCUT2D eigenvalue weighted by atomic mass is 32.1. The first kappa shape index (κ1) is 9.31. The van der Waals surface area contributed by atoms with E-state index in [4.69, 9.17) is 4.74 Å². The van der Waals surface area contributed by atoms with Gasteiger partial charge in [-0.25, -0.2) is 0 Å². The third kappa shape index (κ3) is 8.31. The van der Waals surface area contributed by atoms with Crippen molar-refractivity contribution in [3.05, 3.63) is 0 Å². The van der Waals surface area contributed by atoms with Crippen LogP contribution in [-0.2, 0) is 4.74 Å². The van der Waals surface area contributed by atoms with E-state index in [9.17, 15) is 0 Å². The van der Waals surface area contributed by atoms with Gasteiger partial charge in [-0.1, -0.05) is 6.92 Å². The van der Waals surface area contributed by atoms with Crippen LogP contribution in [0.5, 0.6) is 0 Å². The Morgan fingerprint density at radius 2 is 2.00 bits per heavy atom. The molecule has 0 aromatic heterocycles. The Morgan fingerprint density at radius 3 is 2.56 bits per heavy atom. The summed E-state index contributed by atoms with van der Waals surface area (Å²) < 4.78 is 5.25. The molecule has 0 heterocycles. The van der Waals surface area contributed by atoms with Crippen molar-refractivity contribution >= 4 is 12.6 Å². The third-order valence-corrected chi connectivity index (χ3v) is 1.36. The minimum Gasteiger partial charge on any atom is -0.381 e. The van der Waals surface area contributed by atoms with E-state index < -0.39 is 0 Å². The predicted octanol–water partition coefficient (Wildman–Crippen LogP) is 2.12. The van der Waals surface area contributed by atoms with E-state index in [1.807, 2.05) is 0 Å². The minimum absolute atomic E-state index is 0.909. The molecule has 0 N–H and O–H groups in total. The van der Waals surface area contributed by atoms with Crippen LogP contribution in [0, 0.1) is 0 Å². The molecule has 9 heavy (non-hydrogen) atoms. The average Bonchev–Trinajstić information content (AvgIpc) is 1.89. The number of rotatable bonds is 6. The Hall–Kier alpha value is 0.310. The van der Waals surface area contributed by atoms with Gasteiger partial charge in [0.05, 0.1) is 0 Å². The van der Waals surface area contributed by atoms with Gasteiger partial charge in [0.2, 0.25) is 0 Å². The smallest absolute Gasteiger partial charge is 0.0466 e. The molecule has 2 heteroatoms. The standard InChI is InChI=1S/C7H16OS/c1-2-5-8-6-3-4-7-9/h9H,2-7H2,1H3. The molecule has 0 radical (unpaired) electrons. The molecular formula is C7H16OS. The van der Waals surface area contributed by atoms with Crippen molar-refractivity contribution in [1.29, 1.82) is 0 Å². The Bertz CT molecular complexity index is 42.2. The lowest BCUT2D eigenvalue weighted by Crippen LogP contribution is -1.95. The Labute approximate surface area is 63.2 Å². The lowest BCUT2D eigenvalue weighted by molar-refractivity contribution is 0.132. The van der Waals surface area contributed by atoms with E-state index in [0.717, 1.165) is 31.8 Å². The largest absolute Gasteiger partial charge is 0.381 e. The molecule has 0 bridgehead atoms. The van der Waals surface area contributed by atoms with Gasteiger partial charge in [0, 0.05) is 13.2 Å². The zero-order valence-electron chi connectivity index (χ0n) is 6.10. The molecule has 0 aliphatic rings. The number of unbranched alkanes of at least 4 members (excludes halogenated alkanes) is 1. The van der Waals surface area contributed by atoms with Gasteiger partial charge in [-0.05, 0) is 25.0 Å². The molecule has 0 aliphatic carbocycles. The Kier molecular flexibility index (Phi) is 8.60. The van der Waals surface area contributed by atoms with Crippen molar-refractivity contribution in [2.75, 3.05) is 19.0 Å². The van der Waals surface area contributed by atoms with E-state index in [0.29, 0.717) is 0 Å². The molecule has 0 rings (SSSR count). The molecular weight excluding hydrogens is 132 g/mol. The summed E-state index contributed by atoms with van der Waals surface area (Å²) in [4.78, 5) is 0. The van der Waals surface area contributed by atoms with Crippen LogP contribution in [0.15, 0.2) is 0 Å². The van der Waals surface area contributed by atoms with E-state index in [1.165, 1.54) is 6.42 Å². The zero-order chi connectivity index (χ0) is 6.95. The second-order valence-corrected chi connectivity index (χ2v) is 2.49. The van der Waals surface area contributed by atoms with Gasteiger partial charge in [0.1, 0.15) is 0 Å². The van der Waals surface area contributed by atoms with Crippen molar-refractivity contribution in [3.8, 4) is 0 Å². The van der Waals surface area contributed by atoms with Crippen molar-refractivity contribution < 1.29 is 4.74 Å². The quantitative estimate of drug-likeness (QED) is 0.448. The SMILES string of the molecule is CCCOCCCCS. The maximum atomic E-state index is 5.25. The Morgan fingerprint density at radius 1 is 1.22 bits per heavy atom. The number of ether oxygens (including phenoxy) is 1. The maximum absolute atomic E-state index is 5.25. The van der Waals surface area contributed by atoms with E-state index in [2.05, 4.69) is 19.6 Å². The molecule has 0 aromatic rings. The van der Waals surface area contributed by atoms with Crippen LogP contribution in [0.3, 0.4) is 0 Å². The number of hydrogen-bond donors (Lipinski definition) is 1. The molecule has 0 saturated carbocycles. The van der Waals surface area contributed by atoms with E-state index >= 15 is 0 Å². The predicted molar refractivity (Wildman–Crippen MR) is 44.2 cm³/mol. The van der Waals surface area contributed by atoms with Gasteiger partial charge >= 0.3 is 0 Å². The summed E-state index contributed by atoms with van der Waals surface area (Å²) >= 11 is 4.09. The Balaban J connectivity index is 2.60. The van der Waals surface area contributed by atoms with Crippen LogP contribution in [0.2, 0.25) is 0 Å². The van der Waals surface area contributed by atoms with Crippen LogP contribution in [0.25, 0.3) is 0 Å². The van der Waals surface area contributed by atoms with Gasteiger partial charge in [-0.2, -0.15) is 12.6 Å². The van der Waals surface area contributed by atoms with Crippen LogP contribution in [0.4, 0.5) is 0 Å². The van der Waals surface area contributed by atoms with Crippen molar-refractivity contribution in [3.63, 3.8) is 0 Å². The topological polar surface area (TPSA) is 9.23 Å². The minimum atomic E-state index is 0.909. The van der Waals surface area contributed by atoms with Gasteiger partial charge < -0.3 is 4.74 Å². The fourth-order valence-corrected chi connectivity index (χ4v) is 0.786. The lowest BCUT2D eigenvalue weighted by atomic mass is 10.4. The average molecular weight is 148 g/mol. The highest BCUT2D eigenvalue weighted by molar-refractivity contribution is 7.80. The van der Waals surface area contributed by atoms with Crippen LogP contribution >= 0.6 is 12.6 Å². The van der Waals surface area contributed by atoms with Crippen molar-refractivity contribution in [2.24, 2.45) is 0 Å². The summed E-state index contributed by atoms with van der Waals surface area (Å²) in [6.45, 7) is 3.94. The molecule has 0 aromatic carbocycles. The van der Waals surface area contributed by atoms with Gasteiger partial charge in [-0.15, -0.1) is 0 Å². The molecule has 0 spiro atoms. The van der Waals surface area contributed by atoms with Gasteiger partial charge in [0.25, 0.3) is 0 Å². The molecule has 0 amide bonds. The summed E-state index contributed by atoms with van der Waals surface area (Å²) in [6, 6.07) is 0. The van der Waals surface area contributed by atoms with Crippen LogP contribution in [0.1, 0.15) is 26.2 Å². The molecule has 0 fully saturated rings. The van der Waals surface area contributed by atoms with Gasteiger partial charge in [-0.3, -0.25) is 0 Å². The molecule has 0 unspecified atom stereocenters. The van der Waals surface area contributed by atoms with E-state index in [-0.39, 0.29) is 0 Å². The summed E-state index contributed by atoms with van der Waals surface area (Å²) in [5.41, 5.74) is 0. The highest BCUT2D eigenvalue weighted by Crippen LogP contribution is 1.92. The summed E-state index contributed by atoms with van der Waals surface area (Å²) in [6.07, 6.45) is 3.46. The second-order valence-electron chi connectivity index (χ2n) is 2.04. The van der Waals surface area contributed by atoms with Crippen molar-refractivity contribution in [1.82, 2.24) is 0 Å². The highest BCUT2D eigenvalue weighted by Gasteiger charge is 1.84. The van der Waals surface area contributed by atoms with Gasteiger partial charge in [0.15, 0.2) is 0 Å². The first-order valence-corrected chi connectivity index (χ1v) is 4.23. The monoisotopic (exact) mass is 148 g/mol. The molecule has 0 atom stereocenters. The lowest BCUT2D eigenvalue weighted by Gasteiger charge is -1.99. The molecule has 1 nitrogen and oxygen atoms in total. The zero-order valence-corrected chi connectivity index (χ0v) is 6.99. The summed E-state index contributed by atoms with van der Waals surface area (Å²) in [5, 5.41) is 0. The second kappa shape index (κ2) is 8.31. The molecule has 0 saturated heterocycles. The normalized spacial score (nSPS) is 10.0. The van der Waals surface area contributed by atoms with Crippen LogP contribution < -0.4 is 0 Å². The fraction of sp³-hybridized carbons (Fsp3) is 1.00. The fourth-order valence-electron chi connectivity index (χ4n) is 0.562. The maximum Gasteiger partial charge on any atom is 0.0466 e. The van der Waals surface area contributed by atoms with E-state index in [1.54, 1.807) is 0 Å². The number of thiol groups is 1. The summed E-state index contributed by atoms with van der Waals surface area (Å²) in [5.74, 6) is 0.982. The van der Waals surface area contributed by atoms with Crippen LogP contribution in [-0.4, -0.2) is 19.0 Å². The summed E-state index contributed by atoms with van der Waals surface area (Å²) in [7, 11) is 0.